The van der Waals surface area contributed by atoms with Crippen molar-refractivity contribution in [3.8, 4) is 0 Å². The summed E-state index contributed by atoms with van der Waals surface area (Å²) < 4.78 is 40.4. The summed E-state index contributed by atoms with van der Waals surface area (Å²) in [7, 11) is 6.14. The van der Waals surface area contributed by atoms with E-state index in [1.165, 1.54) is 6.08 Å². The highest BCUT2D eigenvalue weighted by Gasteiger charge is 2.34. The number of anilines is 1. The molecule has 36 heavy (non-hydrogen) atoms. The van der Waals surface area contributed by atoms with Gasteiger partial charge in [-0.15, -0.1) is 0 Å². The molecule has 0 bridgehead atoms. The average molecular weight is 514 g/mol. The van der Waals surface area contributed by atoms with Crippen molar-refractivity contribution < 1.29 is 13.2 Å². The van der Waals surface area contributed by atoms with Crippen LogP contribution in [0, 0.1) is 5.92 Å². The third-order valence-electron chi connectivity index (χ3n) is 7.08. The van der Waals surface area contributed by atoms with Crippen molar-refractivity contribution in [1.82, 2.24) is 19.5 Å². The number of nitrogens with one attached hydrogen (secondary N) is 1. The highest BCUT2D eigenvalue weighted by Crippen LogP contribution is 2.34. The number of likely N-dealkylation sites (tertiary alicyclic amines) is 1. The Kier molecular flexibility index (Phi) is 7.31. The Morgan fingerprint density at radius 1 is 1.19 bits per heavy atom. The molecular weight excluding hydrogens is 486 g/mol. The zero-order chi connectivity index (χ0) is 25.3. The van der Waals surface area contributed by atoms with E-state index >= 15 is 0 Å². The molecule has 0 amide bonds. The first-order valence-electron chi connectivity index (χ1n) is 12.4. The molecule has 0 saturated carbocycles. The smallest absolute Gasteiger partial charge is 0.370 e. The lowest BCUT2D eigenvalue weighted by molar-refractivity contribution is -0.0941. The molecule has 1 atom stereocenters. The van der Waals surface area contributed by atoms with Gasteiger partial charge in [-0.1, -0.05) is 41.5 Å². The molecule has 2 aliphatic carbocycles. The van der Waals surface area contributed by atoms with Crippen LogP contribution in [0.4, 0.5) is 19.0 Å². The maximum atomic E-state index is 12.9. The van der Waals surface area contributed by atoms with Gasteiger partial charge in [-0.3, -0.25) is 4.90 Å². The van der Waals surface area contributed by atoms with Crippen molar-refractivity contribution in [2.24, 2.45) is 5.92 Å². The van der Waals surface area contributed by atoms with Crippen molar-refractivity contribution in [2.45, 2.75) is 44.7 Å². The summed E-state index contributed by atoms with van der Waals surface area (Å²) in [4.78, 5) is 7.07. The van der Waals surface area contributed by atoms with E-state index in [0.29, 0.717) is 23.4 Å². The van der Waals surface area contributed by atoms with Gasteiger partial charge in [-0.05, 0) is 56.5 Å². The second-order valence-corrected chi connectivity index (χ2v) is 10.2. The van der Waals surface area contributed by atoms with Crippen LogP contribution in [-0.2, 0) is 0 Å². The summed E-state index contributed by atoms with van der Waals surface area (Å²) in [6.07, 6.45) is 8.76. The van der Waals surface area contributed by atoms with Crippen LogP contribution in [0.15, 0.2) is 52.7 Å². The molecule has 1 N–H and O–H groups in total. The average Bonchev–Trinajstić information content (AvgIpc) is 3.23. The van der Waals surface area contributed by atoms with E-state index in [4.69, 9.17) is 24.4 Å². The molecule has 2 radical (unpaired) electrons. The minimum atomic E-state index is -4.23. The lowest BCUT2D eigenvalue weighted by atomic mass is 9.94. The number of hydrogen-bond donors (Lipinski definition) is 1. The van der Waals surface area contributed by atoms with Crippen LogP contribution < -0.4 is 10.8 Å². The molecule has 3 aliphatic rings. The van der Waals surface area contributed by atoms with Gasteiger partial charge in [-0.2, -0.15) is 22.8 Å². The maximum absolute atomic E-state index is 12.9. The van der Waals surface area contributed by atoms with Crippen molar-refractivity contribution in [3.63, 3.8) is 0 Å². The second kappa shape index (κ2) is 10.5. The SMILES string of the molecule is [B]c1cnn2c(NCC3CCCN(CC4=CC=C(C(F)(F)F)CC4)C3)cc(C3=C(Cl)CCC=C3)nc12. The predicted molar refractivity (Wildman–Crippen MR) is 139 cm³/mol. The Bertz CT molecular complexity index is 1260. The number of halogens is 4. The Hall–Kier alpha value is -2.52. The van der Waals surface area contributed by atoms with Gasteiger partial charge in [0.15, 0.2) is 5.65 Å². The first kappa shape index (κ1) is 25.1. The second-order valence-electron chi connectivity index (χ2n) is 9.76. The van der Waals surface area contributed by atoms with Crippen LogP contribution in [0.3, 0.4) is 0 Å². The van der Waals surface area contributed by atoms with Crippen LogP contribution in [0.1, 0.15) is 44.2 Å². The summed E-state index contributed by atoms with van der Waals surface area (Å²) in [5, 5.41) is 8.74. The number of piperidine rings is 1. The van der Waals surface area contributed by atoms with E-state index in [2.05, 4.69) is 21.4 Å². The lowest BCUT2D eigenvalue weighted by Gasteiger charge is -2.34. The van der Waals surface area contributed by atoms with Gasteiger partial charge in [-0.25, -0.2) is 4.98 Å². The van der Waals surface area contributed by atoms with Crippen molar-refractivity contribution in [1.29, 1.82) is 0 Å². The van der Waals surface area contributed by atoms with Gasteiger partial charge >= 0.3 is 6.18 Å². The number of hydrogen-bond acceptors (Lipinski definition) is 4. The highest BCUT2D eigenvalue weighted by atomic mass is 35.5. The summed E-state index contributed by atoms with van der Waals surface area (Å²) in [6.45, 7) is 3.31. The number of rotatable bonds is 6. The lowest BCUT2D eigenvalue weighted by Crippen LogP contribution is -2.39. The van der Waals surface area contributed by atoms with E-state index < -0.39 is 11.7 Å². The van der Waals surface area contributed by atoms with E-state index in [0.717, 1.165) is 79.6 Å². The molecule has 5 rings (SSSR count). The molecule has 1 aliphatic heterocycles. The quantitative estimate of drug-likeness (QED) is 0.542. The maximum Gasteiger partial charge on any atom is 0.412 e. The Morgan fingerprint density at radius 3 is 2.81 bits per heavy atom. The van der Waals surface area contributed by atoms with Gasteiger partial charge in [0.2, 0.25) is 0 Å². The molecule has 10 heteroatoms. The summed E-state index contributed by atoms with van der Waals surface area (Å²) in [5.74, 6) is 1.21. The summed E-state index contributed by atoms with van der Waals surface area (Å²) in [5.41, 5.74) is 3.39. The van der Waals surface area contributed by atoms with Crippen molar-refractivity contribution >= 4 is 41.9 Å². The molecule has 1 saturated heterocycles. The third kappa shape index (κ3) is 5.57. The summed E-state index contributed by atoms with van der Waals surface area (Å²) >= 11 is 6.50. The molecule has 5 nitrogen and oxygen atoms in total. The van der Waals surface area contributed by atoms with Crippen LogP contribution in [0.2, 0.25) is 0 Å². The molecule has 3 heterocycles. The Morgan fingerprint density at radius 2 is 2.06 bits per heavy atom. The molecule has 0 spiro atoms. The zero-order valence-electron chi connectivity index (χ0n) is 20.0. The van der Waals surface area contributed by atoms with E-state index in [-0.39, 0.29) is 6.42 Å². The van der Waals surface area contributed by atoms with Crippen LogP contribution >= 0.6 is 11.6 Å². The molecule has 2 aromatic rings. The zero-order valence-corrected chi connectivity index (χ0v) is 20.7. The van der Waals surface area contributed by atoms with Crippen LogP contribution in [0.5, 0.6) is 0 Å². The molecule has 1 unspecified atom stereocenters. The van der Waals surface area contributed by atoms with E-state index in [1.54, 1.807) is 16.8 Å². The fraction of sp³-hybridized carbons (Fsp3) is 0.462. The molecule has 188 valence electrons. The monoisotopic (exact) mass is 513 g/mol. The standard InChI is InChI=1S/C26H28BClF3N5/c27-21-14-33-36-24(12-23(34-25(21)36)20-5-1-2-6-22(20)28)32-13-18-4-3-11-35(16-18)15-17-7-9-19(10-8-17)26(29,30)31/h1,5,7,9,12,14,18,32H,2-4,6,8,10-11,13,15-16H2. The van der Waals surface area contributed by atoms with Crippen LogP contribution in [0.25, 0.3) is 11.2 Å². The predicted octanol–water partition coefficient (Wildman–Crippen LogP) is 5.16. The summed E-state index contributed by atoms with van der Waals surface area (Å²) in [6, 6.07) is 1.96. The number of nitrogens with zero attached hydrogens (tertiary/aromatic N) is 4. The van der Waals surface area contributed by atoms with Gasteiger partial charge in [0, 0.05) is 48.1 Å². The van der Waals surface area contributed by atoms with Crippen LogP contribution in [-0.4, -0.2) is 59.7 Å². The number of aromatic nitrogens is 3. The minimum Gasteiger partial charge on any atom is -0.370 e. The van der Waals surface area contributed by atoms with Gasteiger partial charge in [0.05, 0.1) is 5.69 Å². The van der Waals surface area contributed by atoms with E-state index in [9.17, 15) is 13.2 Å². The van der Waals surface area contributed by atoms with E-state index in [1.807, 2.05) is 12.1 Å². The van der Waals surface area contributed by atoms with Gasteiger partial charge < -0.3 is 5.32 Å². The highest BCUT2D eigenvalue weighted by molar-refractivity contribution is 6.36. The number of allylic oxidation sites excluding steroid dienone is 7. The van der Waals surface area contributed by atoms with Crippen molar-refractivity contribution in [2.75, 3.05) is 31.5 Å². The first-order chi connectivity index (χ1) is 17.3. The van der Waals surface area contributed by atoms with Gasteiger partial charge in [0.1, 0.15) is 13.7 Å². The fourth-order valence-electron chi connectivity index (χ4n) is 5.15. The molecule has 0 aromatic carbocycles. The molecule has 1 fully saturated rings. The third-order valence-corrected chi connectivity index (χ3v) is 7.48. The molecular formula is C26H28BClF3N5. The Balaban J connectivity index is 1.27. The van der Waals surface area contributed by atoms with Crippen molar-refractivity contribution in [3.05, 3.63) is 58.4 Å². The van der Waals surface area contributed by atoms with Gasteiger partial charge in [0.25, 0.3) is 0 Å². The Labute approximate surface area is 215 Å². The topological polar surface area (TPSA) is 45.5 Å². The number of fused-ring (bicyclic) bond motifs is 1. The largest absolute Gasteiger partial charge is 0.412 e. The number of alkyl halides is 3. The fourth-order valence-corrected chi connectivity index (χ4v) is 5.42. The minimum absolute atomic E-state index is 0.0666. The first-order valence-corrected chi connectivity index (χ1v) is 12.8. The molecule has 2 aromatic heterocycles. The normalized spacial score (nSPS) is 21.6.